The van der Waals surface area contributed by atoms with E-state index in [0.717, 1.165) is 40.8 Å². The number of aromatic nitrogens is 3. The third-order valence-electron chi connectivity index (χ3n) is 6.64. The van der Waals surface area contributed by atoms with Crippen LogP contribution >= 0.6 is 0 Å². The Kier molecular flexibility index (Phi) is 5.51. The Hall–Kier alpha value is -3.09. The molecule has 33 heavy (non-hydrogen) atoms. The van der Waals surface area contributed by atoms with Gasteiger partial charge in [-0.3, -0.25) is 0 Å². The van der Waals surface area contributed by atoms with Crippen molar-refractivity contribution in [3.63, 3.8) is 0 Å². The zero-order valence-corrected chi connectivity index (χ0v) is 19.6. The van der Waals surface area contributed by atoms with Crippen molar-refractivity contribution in [3.8, 4) is 22.8 Å². The highest BCUT2D eigenvalue weighted by atomic mass is 16.7. The van der Waals surface area contributed by atoms with Crippen LogP contribution in [-0.4, -0.2) is 33.3 Å². The van der Waals surface area contributed by atoms with E-state index in [-0.39, 0.29) is 0 Å². The summed E-state index contributed by atoms with van der Waals surface area (Å²) in [6.07, 6.45) is 8.24. The van der Waals surface area contributed by atoms with E-state index in [2.05, 4.69) is 52.0 Å². The quantitative estimate of drug-likeness (QED) is 0.523. The summed E-state index contributed by atoms with van der Waals surface area (Å²) in [4.78, 5) is 14.5. The molecule has 2 aromatic carbocycles. The van der Waals surface area contributed by atoms with Crippen LogP contribution in [0.2, 0.25) is 0 Å². The molecule has 0 unspecified atom stereocenters. The summed E-state index contributed by atoms with van der Waals surface area (Å²) in [5, 5.41) is 0. The highest BCUT2D eigenvalue weighted by Gasteiger charge is 2.51. The minimum absolute atomic E-state index is 0.393. The van der Waals surface area contributed by atoms with Gasteiger partial charge in [0.05, 0.1) is 11.2 Å². The van der Waals surface area contributed by atoms with Gasteiger partial charge >= 0.3 is 7.12 Å². The molecule has 166 valence electrons. The monoisotopic (exact) mass is 437 g/mol. The second kappa shape index (κ2) is 8.36. The molecule has 6 heteroatoms. The first kappa shape index (κ1) is 21.7. The average molecular weight is 437 g/mol. The fraction of sp³-hybridized carbons (Fsp3) is 0.296. The number of benzene rings is 2. The predicted octanol–water partition coefficient (Wildman–Crippen LogP) is 5.24. The second-order valence-electron chi connectivity index (χ2n) is 9.54. The van der Waals surface area contributed by atoms with Gasteiger partial charge in [-0.2, -0.15) is 0 Å². The average Bonchev–Trinajstić information content (AvgIpc) is 3.07. The minimum Gasteiger partial charge on any atom is -0.399 e. The number of rotatable bonds is 4. The molecule has 0 radical (unpaired) electrons. The fourth-order valence-corrected chi connectivity index (χ4v) is 3.96. The zero-order chi connectivity index (χ0) is 23.1. The van der Waals surface area contributed by atoms with Gasteiger partial charge in [0.25, 0.3) is 0 Å². The van der Waals surface area contributed by atoms with Gasteiger partial charge in [-0.25, -0.2) is 15.0 Å². The van der Waals surface area contributed by atoms with Gasteiger partial charge in [0, 0.05) is 11.1 Å². The van der Waals surface area contributed by atoms with Gasteiger partial charge in [0.15, 0.2) is 17.5 Å². The van der Waals surface area contributed by atoms with Crippen molar-refractivity contribution in [3.05, 3.63) is 78.6 Å². The Labute approximate surface area is 195 Å². The number of hydrogen-bond acceptors (Lipinski definition) is 5. The highest BCUT2D eigenvalue weighted by molar-refractivity contribution is 6.62. The van der Waals surface area contributed by atoms with Crippen molar-refractivity contribution < 1.29 is 9.31 Å². The van der Waals surface area contributed by atoms with E-state index in [4.69, 9.17) is 24.3 Å². The van der Waals surface area contributed by atoms with Gasteiger partial charge in [0.2, 0.25) is 0 Å². The van der Waals surface area contributed by atoms with Gasteiger partial charge in [-0.05, 0) is 51.6 Å². The van der Waals surface area contributed by atoms with E-state index in [1.54, 1.807) is 0 Å². The van der Waals surface area contributed by atoms with E-state index in [1.165, 1.54) is 0 Å². The number of allylic oxidation sites excluding steroid dienone is 4. The van der Waals surface area contributed by atoms with Crippen LogP contribution in [0.5, 0.6) is 0 Å². The molecule has 0 N–H and O–H groups in total. The lowest BCUT2D eigenvalue weighted by Gasteiger charge is -2.32. The van der Waals surface area contributed by atoms with Crippen molar-refractivity contribution in [2.24, 2.45) is 0 Å². The number of hydrogen-bond donors (Lipinski definition) is 0. The maximum atomic E-state index is 6.26. The summed E-state index contributed by atoms with van der Waals surface area (Å²) in [5.74, 6) is 2.05. The van der Waals surface area contributed by atoms with Gasteiger partial charge < -0.3 is 9.31 Å². The first-order chi connectivity index (χ1) is 15.8. The lowest BCUT2D eigenvalue weighted by Crippen LogP contribution is -2.41. The molecule has 0 amide bonds. The first-order valence-corrected chi connectivity index (χ1v) is 11.5. The molecule has 0 saturated carbocycles. The Balaban J connectivity index is 1.57. The van der Waals surface area contributed by atoms with E-state index in [0.29, 0.717) is 11.6 Å². The van der Waals surface area contributed by atoms with Gasteiger partial charge in [0.1, 0.15) is 0 Å². The molecule has 0 bridgehead atoms. The molecule has 2 aliphatic rings. The van der Waals surface area contributed by atoms with E-state index < -0.39 is 18.3 Å². The van der Waals surface area contributed by atoms with Crippen LogP contribution in [-0.2, 0) is 9.31 Å². The largest absolute Gasteiger partial charge is 0.494 e. The molecule has 0 spiro atoms. The second-order valence-corrected chi connectivity index (χ2v) is 9.54. The molecule has 1 fully saturated rings. The van der Waals surface area contributed by atoms with Crippen LogP contribution in [0.3, 0.4) is 0 Å². The maximum Gasteiger partial charge on any atom is 0.494 e. The van der Waals surface area contributed by atoms with Crippen molar-refractivity contribution >= 4 is 18.2 Å². The topological polar surface area (TPSA) is 57.1 Å². The van der Waals surface area contributed by atoms with Gasteiger partial charge in [-0.15, -0.1) is 0 Å². The molecule has 5 nitrogen and oxygen atoms in total. The standard InChI is InChI=1S/C27H28BN3O2/c1-26(2)27(3,4)33-28(32-26)22-17-11-16-21(18-22)25-30-23(19-12-7-5-8-13-19)29-24(31-25)20-14-9-6-10-15-20/h5-9,11-14,16-18H,10,15H2,1-4H3. The Morgan fingerprint density at radius 1 is 0.758 bits per heavy atom. The van der Waals surface area contributed by atoms with Crippen LogP contribution in [0.25, 0.3) is 28.3 Å². The third-order valence-corrected chi connectivity index (χ3v) is 6.64. The third kappa shape index (κ3) is 4.29. The maximum absolute atomic E-state index is 6.26. The molecule has 5 rings (SSSR count). The van der Waals surface area contributed by atoms with Crippen molar-refractivity contribution in [2.45, 2.75) is 51.7 Å². The SMILES string of the molecule is CC1(C)OB(c2cccc(-c3nc(C4=CC=CCC4)nc(-c4ccccc4)n3)c2)OC1(C)C. The summed E-state index contributed by atoms with van der Waals surface area (Å²) in [5.41, 5.74) is 3.17. The van der Waals surface area contributed by atoms with E-state index >= 15 is 0 Å². The van der Waals surface area contributed by atoms with Crippen molar-refractivity contribution in [1.82, 2.24) is 15.0 Å². The fourth-order valence-electron chi connectivity index (χ4n) is 3.96. The zero-order valence-electron chi connectivity index (χ0n) is 19.6. The van der Waals surface area contributed by atoms with Crippen LogP contribution in [0.15, 0.2) is 72.8 Å². The lowest BCUT2D eigenvalue weighted by atomic mass is 9.78. The minimum atomic E-state index is -0.434. The molecule has 1 aromatic heterocycles. The summed E-state index contributed by atoms with van der Waals surface area (Å²) in [7, 11) is -0.434. The molecule has 2 heterocycles. The molecule has 1 aliphatic carbocycles. The molecular weight excluding hydrogens is 409 g/mol. The lowest BCUT2D eigenvalue weighted by molar-refractivity contribution is 0.00578. The van der Waals surface area contributed by atoms with Crippen LogP contribution in [0.4, 0.5) is 0 Å². The summed E-state index contributed by atoms with van der Waals surface area (Å²) in [6.45, 7) is 8.25. The molecule has 1 saturated heterocycles. The highest BCUT2D eigenvalue weighted by Crippen LogP contribution is 2.36. The van der Waals surface area contributed by atoms with E-state index in [1.807, 2.05) is 48.5 Å². The molecular formula is C27H28BN3O2. The number of nitrogens with zero attached hydrogens (tertiary/aromatic N) is 3. The van der Waals surface area contributed by atoms with Gasteiger partial charge in [-0.1, -0.05) is 72.8 Å². The predicted molar refractivity (Wildman–Crippen MR) is 133 cm³/mol. The Bertz CT molecular complexity index is 1220. The molecule has 3 aromatic rings. The Morgan fingerprint density at radius 3 is 2.06 bits per heavy atom. The normalized spacial score (nSPS) is 18.9. The van der Waals surface area contributed by atoms with Crippen LogP contribution in [0, 0.1) is 0 Å². The summed E-state index contributed by atoms with van der Waals surface area (Å²) < 4.78 is 12.5. The summed E-state index contributed by atoms with van der Waals surface area (Å²) in [6, 6.07) is 18.2. The van der Waals surface area contributed by atoms with Crippen molar-refractivity contribution in [1.29, 1.82) is 0 Å². The van der Waals surface area contributed by atoms with Crippen molar-refractivity contribution in [2.75, 3.05) is 0 Å². The molecule has 1 aliphatic heterocycles. The summed E-state index contributed by atoms with van der Waals surface area (Å²) >= 11 is 0. The van der Waals surface area contributed by atoms with Crippen LogP contribution in [0.1, 0.15) is 46.4 Å². The van der Waals surface area contributed by atoms with E-state index in [9.17, 15) is 0 Å². The Morgan fingerprint density at radius 2 is 1.39 bits per heavy atom. The van der Waals surface area contributed by atoms with Crippen LogP contribution < -0.4 is 5.46 Å². The smallest absolute Gasteiger partial charge is 0.399 e. The molecule has 0 atom stereocenters. The first-order valence-electron chi connectivity index (χ1n) is 11.5.